The van der Waals surface area contributed by atoms with Crippen molar-refractivity contribution in [1.82, 2.24) is 9.55 Å². The van der Waals surface area contributed by atoms with Crippen LogP contribution in [-0.2, 0) is 0 Å². The largest absolute Gasteiger partial charge is 0.497 e. The van der Waals surface area contributed by atoms with Crippen LogP contribution in [0.2, 0.25) is 10.0 Å². The summed E-state index contributed by atoms with van der Waals surface area (Å²) in [6.45, 7) is 0. The zero-order valence-corrected chi connectivity index (χ0v) is 12.8. The molecule has 0 unspecified atom stereocenters. The molecule has 0 fully saturated rings. The van der Waals surface area contributed by atoms with Gasteiger partial charge in [0.05, 0.1) is 33.9 Å². The predicted molar refractivity (Wildman–Crippen MR) is 85.0 cm³/mol. The average molecular weight is 325 g/mol. The van der Waals surface area contributed by atoms with Gasteiger partial charge in [-0.25, -0.2) is 0 Å². The molecule has 1 aromatic heterocycles. The Hall–Kier alpha value is -1.49. The van der Waals surface area contributed by atoms with Crippen molar-refractivity contribution in [3.63, 3.8) is 0 Å². The number of halogens is 2. The summed E-state index contributed by atoms with van der Waals surface area (Å²) in [4.78, 5) is 3.16. The summed E-state index contributed by atoms with van der Waals surface area (Å²) in [6, 6.07) is 11.1. The third kappa shape index (κ3) is 2.20. The highest BCUT2D eigenvalue weighted by atomic mass is 35.5. The van der Waals surface area contributed by atoms with E-state index in [4.69, 9.17) is 40.2 Å². The average Bonchev–Trinajstić information content (AvgIpc) is 2.77. The van der Waals surface area contributed by atoms with Crippen LogP contribution >= 0.6 is 35.4 Å². The quantitative estimate of drug-likeness (QED) is 0.672. The number of aromatic nitrogens is 2. The Bertz CT molecular complexity index is 854. The molecule has 1 heterocycles. The number of nitrogens with one attached hydrogen (secondary N) is 1. The van der Waals surface area contributed by atoms with E-state index in [1.165, 1.54) is 0 Å². The number of rotatable bonds is 2. The maximum Gasteiger partial charge on any atom is 0.182 e. The molecule has 1 N–H and O–H groups in total. The van der Waals surface area contributed by atoms with Gasteiger partial charge in [-0.15, -0.1) is 0 Å². The number of fused-ring (bicyclic) bond motifs is 1. The van der Waals surface area contributed by atoms with E-state index < -0.39 is 0 Å². The molecule has 20 heavy (non-hydrogen) atoms. The maximum absolute atomic E-state index is 6.08. The third-order valence-electron chi connectivity index (χ3n) is 3.05. The van der Waals surface area contributed by atoms with Gasteiger partial charge in [0.25, 0.3) is 0 Å². The van der Waals surface area contributed by atoms with E-state index in [1.807, 2.05) is 28.8 Å². The van der Waals surface area contributed by atoms with Crippen LogP contribution in [0.4, 0.5) is 0 Å². The summed E-state index contributed by atoms with van der Waals surface area (Å²) < 4.78 is 7.74. The Labute approximate surface area is 130 Å². The molecule has 0 saturated heterocycles. The van der Waals surface area contributed by atoms with E-state index in [2.05, 4.69) is 4.98 Å². The van der Waals surface area contributed by atoms with E-state index in [9.17, 15) is 0 Å². The second kappa shape index (κ2) is 5.13. The number of benzene rings is 2. The normalized spacial score (nSPS) is 10.9. The van der Waals surface area contributed by atoms with Crippen molar-refractivity contribution in [3.05, 3.63) is 51.2 Å². The minimum atomic E-state index is 0.489. The summed E-state index contributed by atoms with van der Waals surface area (Å²) in [5.74, 6) is 0.764. The van der Waals surface area contributed by atoms with Gasteiger partial charge >= 0.3 is 0 Å². The molecular weight excluding hydrogens is 315 g/mol. The molecule has 0 spiro atoms. The molecule has 0 radical (unpaired) electrons. The van der Waals surface area contributed by atoms with Crippen LogP contribution in [0.25, 0.3) is 16.7 Å². The molecule has 3 aromatic rings. The molecule has 0 atom stereocenters. The molecule has 0 amide bonds. The lowest BCUT2D eigenvalue weighted by Crippen LogP contribution is -1.94. The first-order valence-corrected chi connectivity index (χ1v) is 7.01. The fourth-order valence-corrected chi connectivity index (χ4v) is 2.70. The summed E-state index contributed by atoms with van der Waals surface area (Å²) >= 11 is 17.4. The molecule has 0 saturated carbocycles. The first kappa shape index (κ1) is 13.5. The first-order chi connectivity index (χ1) is 9.60. The van der Waals surface area contributed by atoms with Crippen LogP contribution in [0.1, 0.15) is 0 Å². The molecule has 0 bridgehead atoms. The van der Waals surface area contributed by atoms with Gasteiger partial charge in [-0.05, 0) is 42.5 Å². The predicted octanol–water partition coefficient (Wildman–Crippen LogP) is 5.00. The third-order valence-corrected chi connectivity index (χ3v) is 4.08. The van der Waals surface area contributed by atoms with Gasteiger partial charge in [0.2, 0.25) is 0 Å². The Balaban J connectivity index is 2.31. The van der Waals surface area contributed by atoms with Gasteiger partial charge < -0.3 is 9.72 Å². The van der Waals surface area contributed by atoms with E-state index in [0.717, 1.165) is 22.5 Å². The molecule has 3 nitrogen and oxygen atoms in total. The van der Waals surface area contributed by atoms with Gasteiger partial charge in [0.15, 0.2) is 4.77 Å². The number of nitrogens with zero attached hydrogens (tertiary/aromatic N) is 1. The lowest BCUT2D eigenvalue weighted by molar-refractivity contribution is 0.415. The summed E-state index contributed by atoms with van der Waals surface area (Å²) in [7, 11) is 1.63. The van der Waals surface area contributed by atoms with E-state index in [1.54, 1.807) is 19.2 Å². The van der Waals surface area contributed by atoms with E-state index >= 15 is 0 Å². The standard InChI is InChI=1S/C14H10Cl2N2OS/c1-19-9-3-5-12-13(7-9)18(14(20)17-12)8-2-4-10(15)11(16)6-8/h2-7H,1H3,(H,17,20). The van der Waals surface area contributed by atoms with Gasteiger partial charge in [-0.1, -0.05) is 23.2 Å². The zero-order valence-electron chi connectivity index (χ0n) is 10.5. The highest BCUT2D eigenvalue weighted by Crippen LogP contribution is 2.28. The van der Waals surface area contributed by atoms with Crippen molar-refractivity contribution in [2.45, 2.75) is 0 Å². The van der Waals surface area contributed by atoms with Gasteiger partial charge in [0, 0.05) is 6.07 Å². The zero-order chi connectivity index (χ0) is 14.3. The number of hydrogen-bond acceptors (Lipinski definition) is 2. The van der Waals surface area contributed by atoms with Gasteiger partial charge in [0.1, 0.15) is 5.75 Å². The molecule has 6 heteroatoms. The van der Waals surface area contributed by atoms with E-state index in [0.29, 0.717) is 14.8 Å². The Morgan fingerprint density at radius 1 is 1.10 bits per heavy atom. The van der Waals surface area contributed by atoms with Crippen molar-refractivity contribution in [1.29, 1.82) is 0 Å². The fraction of sp³-hybridized carbons (Fsp3) is 0.0714. The molecule has 102 valence electrons. The highest BCUT2D eigenvalue weighted by molar-refractivity contribution is 7.71. The van der Waals surface area contributed by atoms with Crippen LogP contribution in [0.15, 0.2) is 36.4 Å². The molecular formula is C14H10Cl2N2OS. The van der Waals surface area contributed by atoms with Crippen molar-refractivity contribution < 1.29 is 4.74 Å². The molecule has 0 aliphatic heterocycles. The molecule has 0 aliphatic carbocycles. The molecule has 3 rings (SSSR count). The van der Waals surface area contributed by atoms with Crippen molar-refractivity contribution in [2.24, 2.45) is 0 Å². The summed E-state index contributed by atoms with van der Waals surface area (Å²) in [5, 5.41) is 1.00. The summed E-state index contributed by atoms with van der Waals surface area (Å²) in [6.07, 6.45) is 0. The Morgan fingerprint density at radius 2 is 1.90 bits per heavy atom. The maximum atomic E-state index is 6.08. The monoisotopic (exact) mass is 324 g/mol. The minimum absolute atomic E-state index is 0.489. The number of H-pyrrole nitrogens is 1. The van der Waals surface area contributed by atoms with Crippen molar-refractivity contribution in [3.8, 4) is 11.4 Å². The number of aromatic amines is 1. The second-order valence-electron chi connectivity index (χ2n) is 4.25. The minimum Gasteiger partial charge on any atom is -0.497 e. The number of methoxy groups -OCH3 is 1. The van der Waals surface area contributed by atoms with Gasteiger partial charge in [-0.3, -0.25) is 4.57 Å². The van der Waals surface area contributed by atoms with Crippen LogP contribution < -0.4 is 4.74 Å². The lowest BCUT2D eigenvalue weighted by Gasteiger charge is -2.07. The topological polar surface area (TPSA) is 29.9 Å². The van der Waals surface area contributed by atoms with Crippen LogP contribution in [0, 0.1) is 4.77 Å². The smallest absolute Gasteiger partial charge is 0.182 e. The number of imidazole rings is 1. The number of hydrogen-bond donors (Lipinski definition) is 1. The fourth-order valence-electron chi connectivity index (χ4n) is 2.09. The van der Waals surface area contributed by atoms with Crippen molar-refractivity contribution >= 4 is 46.5 Å². The second-order valence-corrected chi connectivity index (χ2v) is 5.45. The molecule has 2 aromatic carbocycles. The lowest BCUT2D eigenvalue weighted by atomic mass is 10.2. The molecule has 0 aliphatic rings. The van der Waals surface area contributed by atoms with Crippen molar-refractivity contribution in [2.75, 3.05) is 7.11 Å². The van der Waals surface area contributed by atoms with E-state index in [-0.39, 0.29) is 0 Å². The number of ether oxygens (including phenoxy) is 1. The highest BCUT2D eigenvalue weighted by Gasteiger charge is 2.09. The Kier molecular flexibility index (Phi) is 3.46. The SMILES string of the molecule is COc1ccc2[nH]c(=S)n(-c3ccc(Cl)c(Cl)c3)c2c1. The van der Waals surface area contributed by atoms with Crippen LogP contribution in [-0.4, -0.2) is 16.7 Å². The van der Waals surface area contributed by atoms with Crippen LogP contribution in [0.3, 0.4) is 0 Å². The summed E-state index contributed by atoms with van der Waals surface area (Å²) in [5.41, 5.74) is 2.71. The Morgan fingerprint density at radius 3 is 2.60 bits per heavy atom. The van der Waals surface area contributed by atoms with Gasteiger partial charge in [-0.2, -0.15) is 0 Å². The first-order valence-electron chi connectivity index (χ1n) is 5.84. The van der Waals surface area contributed by atoms with Crippen LogP contribution in [0.5, 0.6) is 5.75 Å².